The summed E-state index contributed by atoms with van der Waals surface area (Å²) in [5.74, 6) is 0.227. The van der Waals surface area contributed by atoms with Crippen LogP contribution in [-0.2, 0) is 16.1 Å². The number of hydrogen-bond acceptors (Lipinski definition) is 3. The molecule has 162 valence electrons. The molecule has 7 heteroatoms. The maximum atomic E-state index is 13.1. The Hall–Kier alpha value is -1.80. The van der Waals surface area contributed by atoms with Crippen LogP contribution in [0.15, 0.2) is 48.5 Å². The maximum Gasteiger partial charge on any atom is 0.261 e. The Morgan fingerprint density at radius 3 is 2.27 bits per heavy atom. The molecule has 2 aromatic rings. The number of benzene rings is 2. The van der Waals surface area contributed by atoms with Crippen molar-refractivity contribution in [3.63, 3.8) is 0 Å². The second-order valence-corrected chi connectivity index (χ2v) is 8.81. The number of carbonyl (C=O) groups is 2. The van der Waals surface area contributed by atoms with Crippen molar-refractivity contribution in [2.75, 3.05) is 6.61 Å². The van der Waals surface area contributed by atoms with Crippen molar-refractivity contribution in [1.82, 2.24) is 10.2 Å². The fraction of sp³-hybridized carbons (Fsp3) is 0.391. The van der Waals surface area contributed by atoms with Gasteiger partial charge in [0.2, 0.25) is 5.91 Å². The van der Waals surface area contributed by atoms with E-state index >= 15 is 0 Å². The Balaban J connectivity index is 2.19. The molecule has 2 rings (SSSR count). The lowest BCUT2D eigenvalue weighted by atomic mass is 10.1. The van der Waals surface area contributed by atoms with Gasteiger partial charge in [-0.1, -0.05) is 37.6 Å². The molecule has 0 radical (unpaired) electrons. The molecule has 0 aromatic heterocycles. The fourth-order valence-corrected chi connectivity index (χ4v) is 3.39. The maximum absolute atomic E-state index is 13.1. The molecule has 0 spiro atoms. The van der Waals surface area contributed by atoms with Gasteiger partial charge in [-0.05, 0) is 84.3 Å². The quantitative estimate of drug-likeness (QED) is 0.428. The largest absolute Gasteiger partial charge is 0.484 e. The van der Waals surface area contributed by atoms with E-state index in [0.29, 0.717) is 23.7 Å². The summed E-state index contributed by atoms with van der Waals surface area (Å²) in [6.07, 6.45) is 1.33. The number of nitrogens with one attached hydrogen (secondary N) is 1. The molecule has 5 nitrogen and oxygen atoms in total. The molecule has 2 aromatic carbocycles. The first-order chi connectivity index (χ1) is 14.3. The predicted molar refractivity (Wildman–Crippen MR) is 129 cm³/mol. The van der Waals surface area contributed by atoms with Gasteiger partial charge in [0.25, 0.3) is 5.91 Å². The third-order valence-electron chi connectivity index (χ3n) is 4.83. The van der Waals surface area contributed by atoms with E-state index in [1.165, 1.54) is 0 Å². The molecule has 0 saturated carbocycles. The van der Waals surface area contributed by atoms with Gasteiger partial charge < -0.3 is 15.0 Å². The number of nitrogens with zero attached hydrogens (tertiary/aromatic N) is 1. The normalized spacial score (nSPS) is 12.7. The van der Waals surface area contributed by atoms with Crippen LogP contribution in [0.1, 0.15) is 39.2 Å². The second-order valence-electron chi connectivity index (χ2n) is 7.13. The van der Waals surface area contributed by atoms with Gasteiger partial charge in [0, 0.05) is 21.2 Å². The first kappa shape index (κ1) is 24.5. The minimum Gasteiger partial charge on any atom is -0.484 e. The molecular formula is C23H28ClIN2O3. The van der Waals surface area contributed by atoms with Crippen molar-refractivity contribution in [3.8, 4) is 5.75 Å². The summed E-state index contributed by atoms with van der Waals surface area (Å²) in [7, 11) is 0. The standard InChI is InChI=1S/C23H28ClIN2O3/c1-4-16(3)26-23(29)21(5-2)27(14-17-6-8-18(24)9-7-17)22(28)15-30-20-12-10-19(25)11-13-20/h6-13,16,21H,4-5,14-15H2,1-3H3,(H,26,29)/t16-,21-/m1/s1. The number of carbonyl (C=O) groups excluding carboxylic acids is 2. The number of amides is 2. The van der Waals surface area contributed by atoms with E-state index in [1.807, 2.05) is 57.2 Å². The summed E-state index contributed by atoms with van der Waals surface area (Å²) in [6, 6.07) is 14.2. The number of ether oxygens (including phenoxy) is 1. The molecule has 0 aliphatic heterocycles. The highest BCUT2D eigenvalue weighted by molar-refractivity contribution is 14.1. The lowest BCUT2D eigenvalue weighted by molar-refractivity contribution is -0.143. The summed E-state index contributed by atoms with van der Waals surface area (Å²) in [5.41, 5.74) is 0.900. The smallest absolute Gasteiger partial charge is 0.261 e. The Kier molecular flexibility index (Phi) is 9.91. The summed E-state index contributed by atoms with van der Waals surface area (Å²) < 4.78 is 6.78. The average molecular weight is 543 g/mol. The van der Waals surface area contributed by atoms with Crippen LogP contribution in [0.25, 0.3) is 0 Å². The lowest BCUT2D eigenvalue weighted by Crippen LogP contribution is -2.51. The van der Waals surface area contributed by atoms with E-state index in [4.69, 9.17) is 16.3 Å². The molecule has 0 unspecified atom stereocenters. The van der Waals surface area contributed by atoms with Crippen molar-refractivity contribution in [1.29, 1.82) is 0 Å². The van der Waals surface area contributed by atoms with E-state index in [0.717, 1.165) is 15.6 Å². The van der Waals surface area contributed by atoms with Gasteiger partial charge in [0.05, 0.1) is 0 Å². The van der Waals surface area contributed by atoms with Crippen LogP contribution in [0.2, 0.25) is 5.02 Å². The first-order valence-corrected chi connectivity index (χ1v) is 11.5. The molecule has 0 aliphatic rings. The molecule has 2 atom stereocenters. The Morgan fingerprint density at radius 2 is 1.70 bits per heavy atom. The monoisotopic (exact) mass is 542 g/mol. The molecule has 0 heterocycles. The highest BCUT2D eigenvalue weighted by Gasteiger charge is 2.29. The van der Waals surface area contributed by atoms with E-state index in [-0.39, 0.29) is 24.5 Å². The van der Waals surface area contributed by atoms with Crippen LogP contribution in [0.4, 0.5) is 0 Å². The average Bonchev–Trinajstić information content (AvgIpc) is 2.74. The number of halogens is 2. The summed E-state index contributed by atoms with van der Waals surface area (Å²) in [5, 5.41) is 3.62. The second kappa shape index (κ2) is 12.2. The van der Waals surface area contributed by atoms with Crippen molar-refractivity contribution in [2.24, 2.45) is 0 Å². The number of rotatable bonds is 10. The van der Waals surface area contributed by atoms with Crippen molar-refractivity contribution >= 4 is 46.0 Å². The topological polar surface area (TPSA) is 58.6 Å². The van der Waals surface area contributed by atoms with Gasteiger partial charge in [0.15, 0.2) is 6.61 Å². The zero-order valence-corrected chi connectivity index (χ0v) is 20.4. The highest BCUT2D eigenvalue weighted by Crippen LogP contribution is 2.17. The zero-order chi connectivity index (χ0) is 22.1. The van der Waals surface area contributed by atoms with Crippen LogP contribution >= 0.6 is 34.2 Å². The lowest BCUT2D eigenvalue weighted by Gasteiger charge is -2.31. The third kappa shape index (κ3) is 7.47. The number of hydrogen-bond donors (Lipinski definition) is 1. The van der Waals surface area contributed by atoms with Crippen LogP contribution in [0, 0.1) is 3.57 Å². The van der Waals surface area contributed by atoms with Crippen LogP contribution in [0.3, 0.4) is 0 Å². The third-order valence-corrected chi connectivity index (χ3v) is 5.80. The molecule has 0 saturated heterocycles. The highest BCUT2D eigenvalue weighted by atomic mass is 127. The van der Waals surface area contributed by atoms with Gasteiger partial charge in [-0.3, -0.25) is 9.59 Å². The Labute approximate surface area is 197 Å². The van der Waals surface area contributed by atoms with E-state index in [9.17, 15) is 9.59 Å². The van der Waals surface area contributed by atoms with Crippen molar-refractivity contribution in [2.45, 2.75) is 52.2 Å². The van der Waals surface area contributed by atoms with Gasteiger partial charge in [-0.2, -0.15) is 0 Å². The summed E-state index contributed by atoms with van der Waals surface area (Å²) in [6.45, 7) is 6.04. The predicted octanol–water partition coefficient (Wildman–Crippen LogP) is 5.05. The van der Waals surface area contributed by atoms with E-state index in [2.05, 4.69) is 27.9 Å². The van der Waals surface area contributed by atoms with Gasteiger partial charge in [-0.15, -0.1) is 0 Å². The summed E-state index contributed by atoms with van der Waals surface area (Å²) in [4.78, 5) is 27.6. The molecule has 30 heavy (non-hydrogen) atoms. The molecule has 2 amide bonds. The molecular weight excluding hydrogens is 515 g/mol. The van der Waals surface area contributed by atoms with Crippen LogP contribution < -0.4 is 10.1 Å². The van der Waals surface area contributed by atoms with E-state index < -0.39 is 6.04 Å². The molecule has 1 N–H and O–H groups in total. The Bertz CT molecular complexity index is 827. The van der Waals surface area contributed by atoms with E-state index in [1.54, 1.807) is 17.0 Å². The fourth-order valence-electron chi connectivity index (χ4n) is 2.91. The van der Waals surface area contributed by atoms with Gasteiger partial charge >= 0.3 is 0 Å². The Morgan fingerprint density at radius 1 is 1.07 bits per heavy atom. The van der Waals surface area contributed by atoms with Gasteiger partial charge in [0.1, 0.15) is 11.8 Å². The van der Waals surface area contributed by atoms with Gasteiger partial charge in [-0.25, -0.2) is 0 Å². The summed E-state index contributed by atoms with van der Waals surface area (Å²) >= 11 is 8.20. The van der Waals surface area contributed by atoms with Crippen LogP contribution in [-0.4, -0.2) is 35.4 Å². The molecule has 0 fully saturated rings. The minimum absolute atomic E-state index is 0.0436. The molecule has 0 aliphatic carbocycles. The zero-order valence-electron chi connectivity index (χ0n) is 17.5. The van der Waals surface area contributed by atoms with Crippen LogP contribution in [0.5, 0.6) is 5.75 Å². The molecule has 0 bridgehead atoms. The van der Waals surface area contributed by atoms with Crippen molar-refractivity contribution in [3.05, 3.63) is 62.7 Å². The first-order valence-electron chi connectivity index (χ1n) is 10.1. The SMILES string of the molecule is CC[C@@H](C)NC(=O)[C@@H](CC)N(Cc1ccc(Cl)cc1)C(=O)COc1ccc(I)cc1. The minimum atomic E-state index is -0.581. The van der Waals surface area contributed by atoms with Crippen molar-refractivity contribution < 1.29 is 14.3 Å².